The largest absolute Gasteiger partial charge is 0.463 e. The lowest BCUT2D eigenvalue weighted by molar-refractivity contribution is -0.155. The molecule has 0 bridgehead atoms. The normalized spacial score (nSPS) is 22.9. The molecule has 0 spiro atoms. The van der Waals surface area contributed by atoms with Gasteiger partial charge < -0.3 is 24.5 Å². The first kappa shape index (κ1) is 25.8. The van der Waals surface area contributed by atoms with Gasteiger partial charge in [0.1, 0.15) is 24.9 Å². The Balaban J connectivity index is 2.01. The first-order chi connectivity index (χ1) is 15.3. The zero-order valence-electron chi connectivity index (χ0n) is 18.9. The molecule has 1 saturated heterocycles. The summed E-state index contributed by atoms with van der Waals surface area (Å²) in [6.07, 6.45) is -1.22. The number of hydrogen-bond acceptors (Lipinski definition) is 10. The molecule has 11 heteroatoms. The molecule has 2 rings (SSSR count). The minimum atomic E-state index is -1.43. The Hall–Kier alpha value is -2.50. The lowest BCUT2D eigenvalue weighted by atomic mass is 10.0. The number of anilines is 1. The molecular weight excluding hydrogens is 422 g/mol. The maximum atomic E-state index is 12.4. The van der Waals surface area contributed by atoms with E-state index in [-0.39, 0.29) is 24.3 Å². The molecule has 1 fully saturated rings. The van der Waals surface area contributed by atoms with E-state index in [0.717, 1.165) is 4.57 Å². The van der Waals surface area contributed by atoms with Crippen molar-refractivity contribution < 1.29 is 34.1 Å². The number of nitrogens with one attached hydrogen (secondary N) is 1. The average molecular weight is 456 g/mol. The second-order valence-corrected chi connectivity index (χ2v) is 7.73. The van der Waals surface area contributed by atoms with Crippen LogP contribution in [0.5, 0.6) is 0 Å². The van der Waals surface area contributed by atoms with Crippen LogP contribution in [0.1, 0.15) is 59.6 Å². The highest BCUT2D eigenvalue weighted by molar-refractivity contribution is 5.73. The van der Waals surface area contributed by atoms with Gasteiger partial charge in [0.05, 0.1) is 11.8 Å². The van der Waals surface area contributed by atoms with Gasteiger partial charge in [-0.2, -0.15) is 4.98 Å². The zero-order chi connectivity index (χ0) is 23.8. The fourth-order valence-electron chi connectivity index (χ4n) is 3.47. The number of carbonyl (C=O) groups excluding carboxylic acids is 2. The molecule has 0 aromatic carbocycles. The van der Waals surface area contributed by atoms with E-state index in [9.17, 15) is 24.6 Å². The van der Waals surface area contributed by atoms with Gasteiger partial charge in [0.2, 0.25) is 0 Å². The van der Waals surface area contributed by atoms with Gasteiger partial charge in [-0.3, -0.25) is 9.36 Å². The summed E-state index contributed by atoms with van der Waals surface area (Å²) in [6, 6.07) is 1.37. The predicted octanol–water partition coefficient (Wildman–Crippen LogP) is 1.15. The van der Waals surface area contributed by atoms with Gasteiger partial charge in [-0.15, -0.1) is 0 Å². The monoisotopic (exact) mass is 455 g/mol. The Kier molecular flexibility index (Phi) is 9.60. The molecule has 2 heterocycles. The van der Waals surface area contributed by atoms with Crippen molar-refractivity contribution in [1.82, 2.24) is 9.55 Å². The van der Waals surface area contributed by atoms with E-state index in [0.29, 0.717) is 25.7 Å². The summed E-state index contributed by atoms with van der Waals surface area (Å²) in [7, 11) is 0. The van der Waals surface area contributed by atoms with Gasteiger partial charge in [0.15, 0.2) is 12.0 Å². The standard InChI is InChI=1S/C21H33N3O8/c1-5-12(6-2)19(27)30-11-14-16(25)17(26)18(31-14)24-10-9-15(22-21(24)29)23-32-20(28)13(7-3)8-4/h9-10,12-14,16-18,25-26H,5-8,11H2,1-4H3,(H,22,23,29). The Morgan fingerprint density at radius 2 is 1.69 bits per heavy atom. The van der Waals surface area contributed by atoms with Gasteiger partial charge >= 0.3 is 17.6 Å². The Bertz CT molecular complexity index is 822. The summed E-state index contributed by atoms with van der Waals surface area (Å²) in [5.41, 5.74) is 1.56. The molecular formula is C21H33N3O8. The molecule has 4 unspecified atom stereocenters. The number of aliphatic hydroxyl groups excluding tert-OH is 2. The molecule has 0 amide bonds. The van der Waals surface area contributed by atoms with E-state index in [4.69, 9.17) is 14.3 Å². The lowest BCUT2D eigenvalue weighted by Crippen LogP contribution is -2.36. The number of esters is 1. The number of ether oxygens (including phenoxy) is 2. The summed E-state index contributed by atoms with van der Waals surface area (Å²) < 4.78 is 11.8. The molecule has 1 aromatic heterocycles. The van der Waals surface area contributed by atoms with Crippen molar-refractivity contribution in [1.29, 1.82) is 0 Å². The molecule has 0 saturated carbocycles. The summed E-state index contributed by atoms with van der Waals surface area (Å²) in [6.45, 7) is 7.24. The van der Waals surface area contributed by atoms with Crippen LogP contribution in [-0.2, 0) is 23.9 Å². The molecule has 1 aliphatic rings. The summed E-state index contributed by atoms with van der Waals surface area (Å²) >= 11 is 0. The molecule has 1 aliphatic heterocycles. The first-order valence-corrected chi connectivity index (χ1v) is 11.0. The summed E-state index contributed by atoms with van der Waals surface area (Å²) in [5, 5.41) is 20.6. The topological polar surface area (TPSA) is 149 Å². The van der Waals surface area contributed by atoms with Crippen LogP contribution in [0, 0.1) is 11.8 Å². The second kappa shape index (κ2) is 11.9. The second-order valence-electron chi connectivity index (χ2n) is 7.73. The molecule has 180 valence electrons. The van der Waals surface area contributed by atoms with Crippen LogP contribution in [0.25, 0.3) is 0 Å². The number of nitrogens with zero attached hydrogens (tertiary/aromatic N) is 2. The van der Waals surface area contributed by atoms with Crippen LogP contribution in [0.2, 0.25) is 0 Å². The van der Waals surface area contributed by atoms with E-state index < -0.39 is 42.2 Å². The lowest BCUT2D eigenvalue weighted by Gasteiger charge is -2.18. The van der Waals surface area contributed by atoms with Gasteiger partial charge in [0, 0.05) is 12.3 Å². The Morgan fingerprint density at radius 1 is 1.09 bits per heavy atom. The van der Waals surface area contributed by atoms with E-state index >= 15 is 0 Å². The van der Waals surface area contributed by atoms with Gasteiger partial charge in [-0.1, -0.05) is 27.7 Å². The van der Waals surface area contributed by atoms with Gasteiger partial charge in [-0.05, 0) is 25.7 Å². The average Bonchev–Trinajstić information content (AvgIpc) is 3.06. The minimum Gasteiger partial charge on any atom is -0.463 e. The number of rotatable bonds is 11. The fraction of sp³-hybridized carbons (Fsp3) is 0.714. The van der Waals surface area contributed by atoms with Crippen LogP contribution >= 0.6 is 0 Å². The van der Waals surface area contributed by atoms with E-state index in [2.05, 4.69) is 10.5 Å². The van der Waals surface area contributed by atoms with Crippen molar-refractivity contribution in [2.75, 3.05) is 12.1 Å². The maximum absolute atomic E-state index is 12.4. The highest BCUT2D eigenvalue weighted by atomic mass is 16.7. The van der Waals surface area contributed by atoms with Crippen molar-refractivity contribution in [3.8, 4) is 0 Å². The predicted molar refractivity (Wildman–Crippen MR) is 113 cm³/mol. The zero-order valence-corrected chi connectivity index (χ0v) is 18.9. The van der Waals surface area contributed by atoms with Crippen molar-refractivity contribution in [2.24, 2.45) is 11.8 Å². The molecule has 32 heavy (non-hydrogen) atoms. The third-order valence-corrected chi connectivity index (χ3v) is 5.73. The fourth-order valence-corrected chi connectivity index (χ4v) is 3.47. The number of hydrogen-bond donors (Lipinski definition) is 3. The molecule has 1 aromatic rings. The quantitative estimate of drug-likeness (QED) is 0.327. The van der Waals surface area contributed by atoms with E-state index in [1.165, 1.54) is 12.3 Å². The van der Waals surface area contributed by atoms with Crippen LogP contribution < -0.4 is 11.2 Å². The smallest absolute Gasteiger partial charge is 0.351 e. The SMILES string of the molecule is CCC(CC)C(=O)OCC1OC(n2ccc(NOC(=O)C(CC)CC)nc2=O)C(O)C1O. The molecule has 0 aliphatic carbocycles. The van der Waals surface area contributed by atoms with Crippen molar-refractivity contribution in [3.63, 3.8) is 0 Å². The van der Waals surface area contributed by atoms with Crippen LogP contribution in [0.3, 0.4) is 0 Å². The summed E-state index contributed by atoms with van der Waals surface area (Å²) in [5.74, 6) is -1.36. The number of aliphatic hydroxyl groups is 2. The van der Waals surface area contributed by atoms with E-state index in [1.807, 2.05) is 27.7 Å². The number of aromatic nitrogens is 2. The Morgan fingerprint density at radius 3 is 2.25 bits per heavy atom. The number of carbonyl (C=O) groups is 2. The van der Waals surface area contributed by atoms with Crippen LogP contribution in [-0.4, -0.2) is 56.6 Å². The van der Waals surface area contributed by atoms with Crippen molar-refractivity contribution >= 4 is 17.8 Å². The Labute approximate surface area is 186 Å². The van der Waals surface area contributed by atoms with Gasteiger partial charge in [-0.25, -0.2) is 15.1 Å². The minimum absolute atomic E-state index is 0.00856. The van der Waals surface area contributed by atoms with Crippen molar-refractivity contribution in [2.45, 2.75) is 77.9 Å². The first-order valence-electron chi connectivity index (χ1n) is 11.0. The molecule has 3 N–H and O–H groups in total. The van der Waals surface area contributed by atoms with Crippen molar-refractivity contribution in [3.05, 3.63) is 22.7 Å². The molecule has 0 radical (unpaired) electrons. The summed E-state index contributed by atoms with van der Waals surface area (Å²) in [4.78, 5) is 45.1. The third kappa shape index (κ3) is 6.05. The van der Waals surface area contributed by atoms with Crippen LogP contribution in [0.15, 0.2) is 17.1 Å². The van der Waals surface area contributed by atoms with Crippen LogP contribution in [0.4, 0.5) is 5.82 Å². The van der Waals surface area contributed by atoms with E-state index in [1.54, 1.807) is 0 Å². The maximum Gasteiger partial charge on any atom is 0.351 e. The highest BCUT2D eigenvalue weighted by Gasteiger charge is 2.44. The highest BCUT2D eigenvalue weighted by Crippen LogP contribution is 2.29. The third-order valence-electron chi connectivity index (χ3n) is 5.73. The van der Waals surface area contributed by atoms with Gasteiger partial charge in [0.25, 0.3) is 0 Å². The molecule has 4 atom stereocenters. The molecule has 11 nitrogen and oxygen atoms in total.